The van der Waals surface area contributed by atoms with Crippen molar-refractivity contribution >= 4 is 10.9 Å². The number of fused-ring (bicyclic) bond motifs is 1. The summed E-state index contributed by atoms with van der Waals surface area (Å²) < 4.78 is 15.8. The zero-order valence-corrected chi connectivity index (χ0v) is 8.63. The molecular weight excluding hydrogens is 191 g/mol. The van der Waals surface area contributed by atoms with Crippen LogP contribution in [-0.2, 0) is 12.6 Å². The molecule has 0 unspecified atom stereocenters. The number of halogens is 1. The highest BCUT2D eigenvalue weighted by Crippen LogP contribution is 2.44. The molecule has 0 radical (unpaired) electrons. The Morgan fingerprint density at radius 3 is 2.80 bits per heavy atom. The fraction of sp³-hybridized carbons (Fsp3) is 0.333. The van der Waals surface area contributed by atoms with Gasteiger partial charge in [-0.2, -0.15) is 0 Å². The normalized spacial score (nSPS) is 18.3. The van der Waals surface area contributed by atoms with E-state index in [0.29, 0.717) is 5.56 Å². The van der Waals surface area contributed by atoms with E-state index in [1.807, 2.05) is 29.9 Å². The van der Waals surface area contributed by atoms with Gasteiger partial charge in [-0.1, -0.05) is 0 Å². The predicted octanol–water partition coefficient (Wildman–Crippen LogP) is 2.27. The van der Waals surface area contributed by atoms with Gasteiger partial charge in [-0.3, -0.25) is 0 Å². The van der Waals surface area contributed by atoms with Gasteiger partial charge in [-0.15, -0.1) is 0 Å². The van der Waals surface area contributed by atoms with E-state index in [9.17, 15) is 4.39 Å². The van der Waals surface area contributed by atoms with E-state index in [4.69, 9.17) is 5.73 Å². The van der Waals surface area contributed by atoms with Crippen LogP contribution in [-0.4, -0.2) is 4.57 Å². The molecule has 0 atom stereocenters. The van der Waals surface area contributed by atoms with Gasteiger partial charge in [-0.05, 0) is 31.0 Å². The standard InChI is InChI=1S/C12H13FN2/c1-15-5-2-8-6-10(13)9(7-11(8)15)12(14)3-4-12/h2,5-7H,3-4,14H2,1H3. The quantitative estimate of drug-likeness (QED) is 0.759. The first-order chi connectivity index (χ1) is 7.10. The Morgan fingerprint density at radius 1 is 1.40 bits per heavy atom. The molecule has 0 spiro atoms. The van der Waals surface area contributed by atoms with Crippen molar-refractivity contribution in [2.75, 3.05) is 0 Å². The Balaban J connectivity index is 2.30. The van der Waals surface area contributed by atoms with Gasteiger partial charge in [0.25, 0.3) is 0 Å². The largest absolute Gasteiger partial charge is 0.351 e. The molecule has 2 aromatic rings. The highest BCUT2D eigenvalue weighted by molar-refractivity contribution is 5.81. The Labute approximate surface area is 87.5 Å². The van der Waals surface area contributed by atoms with Crippen LogP contribution in [0.4, 0.5) is 4.39 Å². The van der Waals surface area contributed by atoms with Gasteiger partial charge in [0.15, 0.2) is 0 Å². The zero-order valence-electron chi connectivity index (χ0n) is 8.63. The Morgan fingerprint density at radius 2 is 2.13 bits per heavy atom. The first-order valence-corrected chi connectivity index (χ1v) is 5.14. The summed E-state index contributed by atoms with van der Waals surface area (Å²) >= 11 is 0. The molecular formula is C12H13FN2. The van der Waals surface area contributed by atoms with Gasteiger partial charge in [-0.25, -0.2) is 4.39 Å². The highest BCUT2D eigenvalue weighted by Gasteiger charge is 2.42. The molecule has 2 nitrogen and oxygen atoms in total. The molecule has 1 aromatic heterocycles. The molecule has 3 heteroatoms. The van der Waals surface area contributed by atoms with E-state index < -0.39 is 5.54 Å². The number of nitrogens with two attached hydrogens (primary N) is 1. The molecule has 1 fully saturated rings. The van der Waals surface area contributed by atoms with E-state index in [1.165, 1.54) is 0 Å². The Bertz CT molecular complexity index is 538. The molecule has 0 amide bonds. The number of aromatic nitrogens is 1. The van der Waals surface area contributed by atoms with E-state index in [1.54, 1.807) is 6.07 Å². The summed E-state index contributed by atoms with van der Waals surface area (Å²) in [4.78, 5) is 0. The predicted molar refractivity (Wildman–Crippen MR) is 58.0 cm³/mol. The van der Waals surface area contributed by atoms with Crippen molar-refractivity contribution in [1.29, 1.82) is 0 Å². The summed E-state index contributed by atoms with van der Waals surface area (Å²) in [7, 11) is 1.96. The van der Waals surface area contributed by atoms with Crippen LogP contribution in [0.1, 0.15) is 18.4 Å². The average Bonchev–Trinajstić information content (AvgIpc) is 2.84. The molecule has 3 rings (SSSR count). The van der Waals surface area contributed by atoms with Crippen LogP contribution in [0.25, 0.3) is 10.9 Å². The Hall–Kier alpha value is -1.35. The van der Waals surface area contributed by atoms with Crippen molar-refractivity contribution < 1.29 is 4.39 Å². The molecule has 0 bridgehead atoms. The van der Waals surface area contributed by atoms with Gasteiger partial charge in [0.05, 0.1) is 0 Å². The van der Waals surface area contributed by atoms with Gasteiger partial charge in [0.1, 0.15) is 5.82 Å². The molecule has 0 saturated heterocycles. The number of rotatable bonds is 1. The number of hydrogen-bond acceptors (Lipinski definition) is 1. The third kappa shape index (κ3) is 1.20. The fourth-order valence-electron chi connectivity index (χ4n) is 2.07. The summed E-state index contributed by atoms with van der Waals surface area (Å²) in [6.45, 7) is 0. The molecule has 15 heavy (non-hydrogen) atoms. The molecule has 78 valence electrons. The smallest absolute Gasteiger partial charge is 0.129 e. The SMILES string of the molecule is Cn1ccc2cc(F)c(C3(N)CC3)cc21. The number of hydrogen-bond donors (Lipinski definition) is 1. The van der Waals surface area contributed by atoms with Crippen molar-refractivity contribution in [3.63, 3.8) is 0 Å². The monoisotopic (exact) mass is 204 g/mol. The van der Waals surface area contributed by atoms with E-state index >= 15 is 0 Å². The van der Waals surface area contributed by atoms with Crippen LogP contribution in [0, 0.1) is 5.82 Å². The summed E-state index contributed by atoms with van der Waals surface area (Å²) in [6.07, 6.45) is 3.71. The summed E-state index contributed by atoms with van der Waals surface area (Å²) in [5, 5.41) is 0.933. The van der Waals surface area contributed by atoms with Crippen LogP contribution in [0.5, 0.6) is 0 Å². The maximum Gasteiger partial charge on any atom is 0.129 e. The van der Waals surface area contributed by atoms with Gasteiger partial charge >= 0.3 is 0 Å². The maximum absolute atomic E-state index is 13.8. The summed E-state index contributed by atoms with van der Waals surface area (Å²) in [5.74, 6) is -0.172. The average molecular weight is 204 g/mol. The van der Waals surface area contributed by atoms with Crippen LogP contribution < -0.4 is 5.73 Å². The molecule has 1 saturated carbocycles. The minimum atomic E-state index is -0.400. The number of benzene rings is 1. The summed E-state index contributed by atoms with van der Waals surface area (Å²) in [6, 6.07) is 5.38. The first kappa shape index (κ1) is 8.92. The lowest BCUT2D eigenvalue weighted by Gasteiger charge is -2.11. The lowest BCUT2D eigenvalue weighted by atomic mass is 10.0. The Kier molecular flexibility index (Phi) is 1.55. The lowest BCUT2D eigenvalue weighted by Crippen LogP contribution is -2.20. The second kappa shape index (κ2) is 2.61. The van der Waals surface area contributed by atoms with E-state index in [-0.39, 0.29) is 5.82 Å². The molecule has 2 N–H and O–H groups in total. The second-order valence-electron chi connectivity index (χ2n) is 4.47. The first-order valence-electron chi connectivity index (χ1n) is 5.14. The fourth-order valence-corrected chi connectivity index (χ4v) is 2.07. The van der Waals surface area contributed by atoms with Crippen molar-refractivity contribution in [2.45, 2.75) is 18.4 Å². The van der Waals surface area contributed by atoms with Crippen molar-refractivity contribution in [3.05, 3.63) is 35.8 Å². The van der Waals surface area contributed by atoms with E-state index in [2.05, 4.69) is 0 Å². The van der Waals surface area contributed by atoms with Crippen LogP contribution >= 0.6 is 0 Å². The molecule has 1 aliphatic carbocycles. The van der Waals surface area contributed by atoms with Crippen molar-refractivity contribution in [3.8, 4) is 0 Å². The summed E-state index contributed by atoms with van der Waals surface area (Å²) in [5.41, 5.74) is 7.34. The number of nitrogens with zero attached hydrogens (tertiary/aromatic N) is 1. The lowest BCUT2D eigenvalue weighted by molar-refractivity contribution is 0.580. The minimum Gasteiger partial charge on any atom is -0.351 e. The molecule has 0 aliphatic heterocycles. The highest BCUT2D eigenvalue weighted by atomic mass is 19.1. The molecule has 1 aliphatic rings. The second-order valence-corrected chi connectivity index (χ2v) is 4.47. The number of aryl methyl sites for hydroxylation is 1. The minimum absolute atomic E-state index is 0.172. The maximum atomic E-state index is 13.8. The third-order valence-corrected chi connectivity index (χ3v) is 3.30. The van der Waals surface area contributed by atoms with Gasteiger partial charge < -0.3 is 10.3 Å². The van der Waals surface area contributed by atoms with Gasteiger partial charge in [0.2, 0.25) is 0 Å². The third-order valence-electron chi connectivity index (χ3n) is 3.30. The van der Waals surface area contributed by atoms with Gasteiger partial charge in [0, 0.05) is 35.2 Å². The topological polar surface area (TPSA) is 30.9 Å². The van der Waals surface area contributed by atoms with Crippen molar-refractivity contribution in [2.24, 2.45) is 12.8 Å². The molecule has 1 aromatic carbocycles. The molecule has 1 heterocycles. The van der Waals surface area contributed by atoms with Crippen molar-refractivity contribution in [1.82, 2.24) is 4.57 Å². The van der Waals surface area contributed by atoms with Crippen LogP contribution in [0.15, 0.2) is 24.4 Å². The zero-order chi connectivity index (χ0) is 10.6. The van der Waals surface area contributed by atoms with Crippen LogP contribution in [0.3, 0.4) is 0 Å². The van der Waals surface area contributed by atoms with Crippen LogP contribution in [0.2, 0.25) is 0 Å². The van der Waals surface area contributed by atoms with E-state index in [0.717, 1.165) is 23.7 Å².